The molecule has 0 bridgehead atoms. The van der Waals surface area contributed by atoms with E-state index >= 15 is 0 Å². The minimum atomic E-state index is -0.106. The summed E-state index contributed by atoms with van der Waals surface area (Å²) in [5.74, 6) is 0. The average Bonchev–Trinajstić information content (AvgIpc) is 2.64. The molecule has 1 aromatic rings. The van der Waals surface area contributed by atoms with Gasteiger partial charge in [0.1, 0.15) is 0 Å². The van der Waals surface area contributed by atoms with E-state index in [1.54, 1.807) is 18.4 Å². The largest absolute Gasteiger partial charge is 0.383 e. The highest BCUT2D eigenvalue weighted by Crippen LogP contribution is 2.23. The second kappa shape index (κ2) is 6.12. The van der Waals surface area contributed by atoms with Crippen LogP contribution in [0.4, 0.5) is 0 Å². The van der Waals surface area contributed by atoms with Crippen molar-refractivity contribution in [3.05, 3.63) is 20.8 Å². The number of halogens is 1. The lowest BCUT2D eigenvalue weighted by Crippen LogP contribution is -2.52. The van der Waals surface area contributed by atoms with Crippen molar-refractivity contribution in [2.75, 3.05) is 27.3 Å². The zero-order valence-electron chi connectivity index (χ0n) is 10.00. The van der Waals surface area contributed by atoms with Crippen LogP contribution in [0.3, 0.4) is 0 Å². The van der Waals surface area contributed by atoms with Crippen molar-refractivity contribution in [2.24, 2.45) is 5.73 Å². The molecule has 1 aromatic heterocycles. The van der Waals surface area contributed by atoms with Gasteiger partial charge in [0, 0.05) is 34.9 Å². The van der Waals surface area contributed by atoms with Crippen LogP contribution < -0.4 is 5.73 Å². The molecule has 0 fully saturated rings. The summed E-state index contributed by atoms with van der Waals surface area (Å²) >= 11 is 5.22. The number of hydrogen-bond donors (Lipinski definition) is 1. The number of ether oxygens (including phenoxy) is 1. The fourth-order valence-corrected chi connectivity index (χ4v) is 3.00. The SMILES string of the molecule is COCC(C)(CN)N(C)Cc1cc(Br)cs1. The summed E-state index contributed by atoms with van der Waals surface area (Å²) in [7, 11) is 3.79. The molecule has 0 saturated carbocycles. The topological polar surface area (TPSA) is 38.5 Å². The standard InChI is InChI=1S/C11H19BrN2OS/c1-11(7-13,8-15-3)14(2)5-10-4-9(12)6-16-10/h4,6H,5,7-8,13H2,1-3H3. The summed E-state index contributed by atoms with van der Waals surface area (Å²) in [6, 6.07) is 2.14. The van der Waals surface area contributed by atoms with E-state index in [4.69, 9.17) is 10.5 Å². The molecule has 0 aliphatic rings. The maximum atomic E-state index is 5.83. The quantitative estimate of drug-likeness (QED) is 0.876. The highest BCUT2D eigenvalue weighted by atomic mass is 79.9. The highest BCUT2D eigenvalue weighted by molar-refractivity contribution is 9.10. The van der Waals surface area contributed by atoms with E-state index in [1.807, 2.05) is 0 Å². The van der Waals surface area contributed by atoms with Crippen LogP contribution in [0.15, 0.2) is 15.9 Å². The van der Waals surface area contributed by atoms with Crippen molar-refractivity contribution >= 4 is 27.3 Å². The number of rotatable bonds is 6. The van der Waals surface area contributed by atoms with Gasteiger partial charge in [-0.3, -0.25) is 4.90 Å². The summed E-state index contributed by atoms with van der Waals surface area (Å²) in [5, 5.41) is 2.10. The molecule has 1 unspecified atom stereocenters. The van der Waals surface area contributed by atoms with Gasteiger partial charge in [-0.2, -0.15) is 0 Å². The van der Waals surface area contributed by atoms with Crippen molar-refractivity contribution in [3.63, 3.8) is 0 Å². The van der Waals surface area contributed by atoms with Gasteiger partial charge in [-0.15, -0.1) is 11.3 Å². The third-order valence-corrected chi connectivity index (χ3v) is 4.51. The summed E-state index contributed by atoms with van der Waals surface area (Å²) in [6.45, 7) is 4.25. The van der Waals surface area contributed by atoms with Crippen LogP contribution in [0.25, 0.3) is 0 Å². The van der Waals surface area contributed by atoms with E-state index in [0.717, 1.165) is 11.0 Å². The van der Waals surface area contributed by atoms with E-state index in [9.17, 15) is 0 Å². The Bertz CT molecular complexity index is 332. The van der Waals surface area contributed by atoms with Gasteiger partial charge < -0.3 is 10.5 Å². The van der Waals surface area contributed by atoms with E-state index < -0.39 is 0 Å². The Morgan fingerprint density at radius 1 is 1.62 bits per heavy atom. The Labute approximate surface area is 110 Å². The summed E-state index contributed by atoms with van der Waals surface area (Å²) < 4.78 is 6.38. The molecule has 0 aliphatic heterocycles. The van der Waals surface area contributed by atoms with Crippen LogP contribution >= 0.6 is 27.3 Å². The average molecular weight is 307 g/mol. The lowest BCUT2D eigenvalue weighted by atomic mass is 10.0. The van der Waals surface area contributed by atoms with Crippen LogP contribution in [0.5, 0.6) is 0 Å². The lowest BCUT2D eigenvalue weighted by molar-refractivity contribution is 0.0396. The number of nitrogens with zero attached hydrogens (tertiary/aromatic N) is 1. The van der Waals surface area contributed by atoms with Crippen molar-refractivity contribution in [2.45, 2.75) is 19.0 Å². The van der Waals surface area contributed by atoms with Gasteiger partial charge in [-0.05, 0) is 36.0 Å². The van der Waals surface area contributed by atoms with E-state index in [1.165, 1.54) is 4.88 Å². The number of methoxy groups -OCH3 is 1. The Morgan fingerprint density at radius 2 is 2.31 bits per heavy atom. The second-order valence-corrected chi connectivity index (χ2v) is 6.13. The molecule has 5 heteroatoms. The minimum absolute atomic E-state index is 0.106. The summed E-state index contributed by atoms with van der Waals surface area (Å²) in [5.41, 5.74) is 5.72. The van der Waals surface area contributed by atoms with Crippen molar-refractivity contribution < 1.29 is 4.74 Å². The molecule has 0 amide bonds. The Kier molecular flexibility index (Phi) is 5.40. The molecule has 0 saturated heterocycles. The Balaban J connectivity index is 2.65. The minimum Gasteiger partial charge on any atom is -0.383 e. The molecule has 92 valence electrons. The van der Waals surface area contributed by atoms with Gasteiger partial charge >= 0.3 is 0 Å². The Morgan fingerprint density at radius 3 is 2.75 bits per heavy atom. The van der Waals surface area contributed by atoms with Crippen LogP contribution in [0, 0.1) is 0 Å². The predicted molar refractivity (Wildman–Crippen MR) is 72.8 cm³/mol. The fourth-order valence-electron chi connectivity index (χ4n) is 1.50. The van der Waals surface area contributed by atoms with Crippen molar-refractivity contribution in [3.8, 4) is 0 Å². The molecular weight excluding hydrogens is 288 g/mol. The third kappa shape index (κ3) is 3.53. The van der Waals surface area contributed by atoms with Gasteiger partial charge in [-0.1, -0.05) is 0 Å². The number of thiophene rings is 1. The van der Waals surface area contributed by atoms with E-state index in [-0.39, 0.29) is 5.54 Å². The summed E-state index contributed by atoms with van der Waals surface area (Å²) in [6.07, 6.45) is 0. The molecule has 0 spiro atoms. The Hall–Kier alpha value is 0.0600. The maximum absolute atomic E-state index is 5.83. The molecule has 1 heterocycles. The van der Waals surface area contributed by atoms with Gasteiger partial charge in [-0.25, -0.2) is 0 Å². The second-order valence-electron chi connectivity index (χ2n) is 4.22. The van der Waals surface area contributed by atoms with Crippen LogP contribution in [-0.2, 0) is 11.3 Å². The lowest BCUT2D eigenvalue weighted by Gasteiger charge is -2.37. The van der Waals surface area contributed by atoms with Gasteiger partial charge in [0.15, 0.2) is 0 Å². The first-order chi connectivity index (χ1) is 7.51. The van der Waals surface area contributed by atoms with Crippen LogP contribution in [-0.4, -0.2) is 37.7 Å². The normalized spacial score (nSPS) is 15.4. The molecule has 16 heavy (non-hydrogen) atoms. The smallest absolute Gasteiger partial charge is 0.0656 e. The number of hydrogen-bond acceptors (Lipinski definition) is 4. The first-order valence-corrected chi connectivity index (χ1v) is 6.82. The monoisotopic (exact) mass is 306 g/mol. The fraction of sp³-hybridized carbons (Fsp3) is 0.636. The molecular formula is C11H19BrN2OS. The number of likely N-dealkylation sites (N-methyl/N-ethyl adjacent to an activating group) is 1. The maximum Gasteiger partial charge on any atom is 0.0656 e. The van der Waals surface area contributed by atoms with Gasteiger partial charge in [0.25, 0.3) is 0 Å². The molecule has 0 radical (unpaired) electrons. The molecule has 0 aliphatic carbocycles. The van der Waals surface area contributed by atoms with E-state index in [2.05, 4.69) is 46.2 Å². The molecule has 1 rings (SSSR count). The molecule has 1 atom stereocenters. The molecule has 3 nitrogen and oxygen atoms in total. The van der Waals surface area contributed by atoms with Crippen molar-refractivity contribution in [1.29, 1.82) is 0 Å². The molecule has 0 aromatic carbocycles. The first-order valence-electron chi connectivity index (χ1n) is 5.15. The zero-order chi connectivity index (χ0) is 12.2. The van der Waals surface area contributed by atoms with Crippen molar-refractivity contribution in [1.82, 2.24) is 4.90 Å². The molecule has 2 N–H and O–H groups in total. The zero-order valence-corrected chi connectivity index (χ0v) is 12.4. The first kappa shape index (κ1) is 14.1. The number of nitrogens with two attached hydrogens (primary N) is 1. The highest BCUT2D eigenvalue weighted by Gasteiger charge is 2.27. The van der Waals surface area contributed by atoms with E-state index in [0.29, 0.717) is 13.2 Å². The predicted octanol–water partition coefficient (Wildman–Crippen LogP) is 2.31. The summed E-state index contributed by atoms with van der Waals surface area (Å²) in [4.78, 5) is 3.57. The van der Waals surface area contributed by atoms with Crippen LogP contribution in [0.2, 0.25) is 0 Å². The van der Waals surface area contributed by atoms with Crippen LogP contribution in [0.1, 0.15) is 11.8 Å². The van der Waals surface area contributed by atoms with Gasteiger partial charge in [0.2, 0.25) is 0 Å². The third-order valence-electron chi connectivity index (χ3n) is 2.83. The van der Waals surface area contributed by atoms with Gasteiger partial charge in [0.05, 0.1) is 12.1 Å².